The van der Waals surface area contributed by atoms with E-state index >= 15 is 0 Å². The highest BCUT2D eigenvalue weighted by Crippen LogP contribution is 2.44. The molecule has 0 aromatic carbocycles. The van der Waals surface area contributed by atoms with Gasteiger partial charge in [0.25, 0.3) is 7.59 Å². The third kappa shape index (κ3) is 3.06. The fourth-order valence-electron chi connectivity index (χ4n) is 1.44. The van der Waals surface area contributed by atoms with Crippen LogP contribution in [0.1, 0.15) is 27.7 Å². The van der Waals surface area contributed by atoms with E-state index in [0.717, 1.165) is 26.2 Å². The molecule has 4 nitrogen and oxygen atoms in total. The van der Waals surface area contributed by atoms with E-state index < -0.39 is 7.59 Å². The van der Waals surface area contributed by atoms with E-state index in [1.54, 1.807) is 0 Å². The Labute approximate surface area is 81.6 Å². The molecule has 0 bridgehead atoms. The van der Waals surface area contributed by atoms with Gasteiger partial charge in [-0.3, -0.25) is 10.1 Å². The maximum atomic E-state index is 12.2. The van der Waals surface area contributed by atoms with Crippen molar-refractivity contribution in [3.8, 4) is 0 Å². The second-order valence-corrected chi connectivity index (χ2v) is 5.18. The van der Waals surface area contributed by atoms with Gasteiger partial charge in [-0.2, -0.15) is 0 Å². The second kappa shape index (κ2) is 5.76. The van der Waals surface area contributed by atoms with Gasteiger partial charge in [0.2, 0.25) is 0 Å². The molecule has 0 saturated heterocycles. The number of hydrogen-bond acceptors (Lipinski definition) is 1. The number of hydrogen-bond donors (Lipinski definition) is 1. The van der Waals surface area contributed by atoms with Crippen LogP contribution in [0.3, 0.4) is 0 Å². The monoisotopic (exact) mass is 207 g/mol. The van der Waals surface area contributed by atoms with Gasteiger partial charge in [0.1, 0.15) is 0 Å². The highest BCUT2D eigenvalue weighted by atomic mass is 31.2. The molecule has 0 aromatic heterocycles. The number of nitrogens with two attached hydrogens (primary N) is 1. The smallest absolute Gasteiger partial charge is 0.271 e. The van der Waals surface area contributed by atoms with Crippen LogP contribution in [0.4, 0.5) is 0 Å². The summed E-state index contributed by atoms with van der Waals surface area (Å²) in [4.78, 5) is 0. The van der Waals surface area contributed by atoms with E-state index in [1.165, 1.54) is 0 Å². The van der Waals surface area contributed by atoms with Crippen LogP contribution in [-0.4, -0.2) is 35.5 Å². The van der Waals surface area contributed by atoms with Crippen molar-refractivity contribution >= 4 is 7.59 Å². The van der Waals surface area contributed by atoms with Crippen LogP contribution < -0.4 is 5.50 Å². The number of rotatable bonds is 6. The quantitative estimate of drug-likeness (QED) is 0.674. The summed E-state index contributed by atoms with van der Waals surface area (Å²) in [5.41, 5.74) is 5.85. The third-order valence-corrected chi connectivity index (χ3v) is 5.02. The molecular weight excluding hydrogens is 185 g/mol. The van der Waals surface area contributed by atoms with Gasteiger partial charge >= 0.3 is 0 Å². The molecule has 0 aliphatic rings. The Morgan fingerprint density at radius 3 is 1.31 bits per heavy atom. The second-order valence-electron chi connectivity index (χ2n) is 2.87. The van der Waals surface area contributed by atoms with Crippen LogP contribution in [0.5, 0.6) is 0 Å². The highest BCUT2D eigenvalue weighted by Gasteiger charge is 2.28. The van der Waals surface area contributed by atoms with E-state index in [9.17, 15) is 4.57 Å². The van der Waals surface area contributed by atoms with Crippen LogP contribution in [0, 0.1) is 0 Å². The standard InChI is InChI=1S/C8H22N3OP/c1-5-10(6-2)13(9,12)11(7-3)8-4/h5-8H2,1-4H3,(H2,9,12). The Bertz CT molecular complexity index is 162. The van der Waals surface area contributed by atoms with Crippen molar-refractivity contribution in [3.63, 3.8) is 0 Å². The molecule has 13 heavy (non-hydrogen) atoms. The lowest BCUT2D eigenvalue weighted by molar-refractivity contribution is 0.360. The first-order chi connectivity index (χ1) is 6.04. The van der Waals surface area contributed by atoms with Crippen molar-refractivity contribution in [1.82, 2.24) is 9.34 Å². The van der Waals surface area contributed by atoms with Crippen molar-refractivity contribution < 1.29 is 4.57 Å². The van der Waals surface area contributed by atoms with E-state index in [0.29, 0.717) is 0 Å². The van der Waals surface area contributed by atoms with Crippen LogP contribution in [0.2, 0.25) is 0 Å². The SMILES string of the molecule is CCN(CC)P(N)(=O)N(CC)CC. The number of nitrogens with zero attached hydrogens (tertiary/aromatic N) is 2. The van der Waals surface area contributed by atoms with Crippen molar-refractivity contribution in [2.45, 2.75) is 27.7 Å². The lowest BCUT2D eigenvalue weighted by Gasteiger charge is -2.33. The zero-order valence-electron chi connectivity index (χ0n) is 9.16. The minimum Gasteiger partial charge on any atom is -0.271 e. The lowest BCUT2D eigenvalue weighted by atomic mass is 10.7. The fraction of sp³-hybridized carbons (Fsp3) is 1.00. The molecule has 0 aromatic rings. The topological polar surface area (TPSA) is 49.6 Å². The van der Waals surface area contributed by atoms with Crippen molar-refractivity contribution in [2.24, 2.45) is 5.50 Å². The van der Waals surface area contributed by atoms with Crippen LogP contribution in [-0.2, 0) is 4.57 Å². The summed E-state index contributed by atoms with van der Waals surface area (Å²) in [6, 6.07) is 0. The van der Waals surface area contributed by atoms with Crippen molar-refractivity contribution in [3.05, 3.63) is 0 Å². The minimum atomic E-state index is -2.75. The first-order valence-corrected chi connectivity index (χ1v) is 6.62. The molecule has 0 saturated carbocycles. The van der Waals surface area contributed by atoms with Gasteiger partial charge in [-0.15, -0.1) is 0 Å². The predicted molar refractivity (Wildman–Crippen MR) is 57.6 cm³/mol. The Morgan fingerprint density at radius 2 is 1.15 bits per heavy atom. The van der Waals surface area contributed by atoms with Crippen LogP contribution in [0.25, 0.3) is 0 Å². The Kier molecular flexibility index (Phi) is 5.81. The first-order valence-electron chi connectivity index (χ1n) is 4.93. The fourth-order valence-corrected chi connectivity index (χ4v) is 3.42. The molecule has 0 aliphatic carbocycles. The molecule has 80 valence electrons. The summed E-state index contributed by atoms with van der Waals surface area (Å²) in [6.45, 7) is 10.9. The summed E-state index contributed by atoms with van der Waals surface area (Å²) >= 11 is 0. The minimum absolute atomic E-state index is 0.737. The third-order valence-electron chi connectivity index (χ3n) is 2.27. The summed E-state index contributed by atoms with van der Waals surface area (Å²) in [6.07, 6.45) is 0. The predicted octanol–water partition coefficient (Wildman–Crippen LogP) is 1.74. The van der Waals surface area contributed by atoms with E-state index in [1.807, 2.05) is 37.0 Å². The average Bonchev–Trinajstić information content (AvgIpc) is 2.07. The van der Waals surface area contributed by atoms with Gasteiger partial charge in [-0.25, -0.2) is 9.34 Å². The largest absolute Gasteiger partial charge is 0.281 e. The molecule has 0 heterocycles. The molecule has 0 radical (unpaired) electrons. The highest BCUT2D eigenvalue weighted by molar-refractivity contribution is 7.56. The molecule has 0 rings (SSSR count). The first kappa shape index (κ1) is 13.1. The molecule has 0 fully saturated rings. The van der Waals surface area contributed by atoms with E-state index in [4.69, 9.17) is 5.50 Å². The van der Waals surface area contributed by atoms with Crippen LogP contribution >= 0.6 is 7.59 Å². The Balaban J connectivity index is 4.59. The van der Waals surface area contributed by atoms with Crippen molar-refractivity contribution in [2.75, 3.05) is 26.2 Å². The maximum Gasteiger partial charge on any atom is 0.281 e. The van der Waals surface area contributed by atoms with Gasteiger partial charge in [0.05, 0.1) is 0 Å². The van der Waals surface area contributed by atoms with Gasteiger partial charge in [0.15, 0.2) is 0 Å². The Morgan fingerprint density at radius 1 is 0.923 bits per heavy atom. The Hall–Kier alpha value is 0.110. The zero-order valence-corrected chi connectivity index (χ0v) is 10.1. The molecule has 0 aliphatic heterocycles. The molecule has 0 atom stereocenters. The van der Waals surface area contributed by atoms with Gasteiger partial charge in [-0.1, -0.05) is 27.7 Å². The molecule has 0 amide bonds. The summed E-state index contributed by atoms with van der Waals surface area (Å²) < 4.78 is 15.8. The average molecular weight is 207 g/mol. The normalized spacial score (nSPS) is 12.8. The van der Waals surface area contributed by atoms with Crippen molar-refractivity contribution in [1.29, 1.82) is 0 Å². The summed E-state index contributed by atoms with van der Waals surface area (Å²) in [5, 5.41) is 0. The molecule has 5 heteroatoms. The summed E-state index contributed by atoms with van der Waals surface area (Å²) in [5.74, 6) is 0. The maximum absolute atomic E-state index is 12.2. The van der Waals surface area contributed by atoms with Gasteiger partial charge in [0, 0.05) is 26.2 Å². The zero-order chi connectivity index (χ0) is 10.5. The molecule has 0 unspecified atom stereocenters. The van der Waals surface area contributed by atoms with E-state index in [2.05, 4.69) is 0 Å². The lowest BCUT2D eigenvalue weighted by Crippen LogP contribution is -2.35. The van der Waals surface area contributed by atoms with Gasteiger partial charge in [-0.05, 0) is 0 Å². The molecule has 2 N–H and O–H groups in total. The summed E-state index contributed by atoms with van der Waals surface area (Å²) in [7, 11) is -2.75. The molecule has 0 spiro atoms. The van der Waals surface area contributed by atoms with Crippen LogP contribution in [0.15, 0.2) is 0 Å². The molecular formula is C8H22N3OP. The van der Waals surface area contributed by atoms with Gasteiger partial charge < -0.3 is 0 Å². The van der Waals surface area contributed by atoms with E-state index in [-0.39, 0.29) is 0 Å².